The number of aryl methyl sites for hydroxylation is 1. The Morgan fingerprint density at radius 3 is 3.00 bits per heavy atom. The summed E-state index contributed by atoms with van der Waals surface area (Å²) in [4.78, 5) is 18.8. The van der Waals surface area contributed by atoms with Gasteiger partial charge in [0, 0.05) is 12.4 Å². The monoisotopic (exact) mass is 238 g/mol. The fourth-order valence-corrected chi connectivity index (χ4v) is 2.14. The zero-order chi connectivity index (χ0) is 11.7. The minimum Gasteiger partial charge on any atom is -0.480 e. The first-order valence-corrected chi connectivity index (χ1v) is 5.38. The van der Waals surface area contributed by atoms with Gasteiger partial charge in [0.15, 0.2) is 0 Å². The summed E-state index contributed by atoms with van der Waals surface area (Å²) in [7, 11) is 1.85. The van der Waals surface area contributed by atoms with Crippen LogP contribution >= 0.6 is 11.3 Å². The molecule has 0 saturated carbocycles. The number of carboxylic acids is 1. The lowest BCUT2D eigenvalue weighted by Gasteiger charge is -2.00. The molecule has 0 aliphatic carbocycles. The molecule has 0 spiro atoms. The smallest absolute Gasteiger partial charge is 0.326 e. The fraction of sp³-hybridized carbons (Fsp3) is 0.222. The summed E-state index contributed by atoms with van der Waals surface area (Å²) in [5, 5.41) is 11.1. The van der Waals surface area contributed by atoms with E-state index in [9.17, 15) is 4.79 Å². The van der Waals surface area contributed by atoms with Crippen LogP contribution < -0.4 is 5.73 Å². The van der Waals surface area contributed by atoms with E-state index in [4.69, 9.17) is 10.8 Å². The molecule has 1 unspecified atom stereocenters. The molecule has 0 fully saturated rings. The van der Waals surface area contributed by atoms with Crippen LogP contribution in [0, 0.1) is 0 Å². The van der Waals surface area contributed by atoms with Crippen LogP contribution in [0.15, 0.2) is 17.9 Å². The SMILES string of the molecule is Cn1cncc1-c1nc(C(N)C(=O)O)cs1. The molecule has 7 heteroatoms. The number of aromatic nitrogens is 3. The Labute approximate surface area is 95.4 Å². The van der Waals surface area contributed by atoms with E-state index in [1.54, 1.807) is 17.9 Å². The maximum Gasteiger partial charge on any atom is 0.326 e. The van der Waals surface area contributed by atoms with Crippen LogP contribution in [0.3, 0.4) is 0 Å². The Kier molecular flexibility index (Phi) is 2.71. The second-order valence-corrected chi connectivity index (χ2v) is 4.14. The molecule has 0 aromatic carbocycles. The molecule has 1 atom stereocenters. The topological polar surface area (TPSA) is 94.0 Å². The van der Waals surface area contributed by atoms with Crippen molar-refractivity contribution in [1.82, 2.24) is 14.5 Å². The number of carbonyl (C=O) groups is 1. The number of nitrogens with two attached hydrogens (primary N) is 1. The predicted molar refractivity (Wildman–Crippen MR) is 58.9 cm³/mol. The minimum atomic E-state index is -1.08. The van der Waals surface area contributed by atoms with E-state index in [1.165, 1.54) is 11.3 Å². The van der Waals surface area contributed by atoms with Gasteiger partial charge in [0.1, 0.15) is 11.0 Å². The molecule has 0 aliphatic heterocycles. The summed E-state index contributed by atoms with van der Waals surface area (Å²) in [5.74, 6) is -1.08. The minimum absolute atomic E-state index is 0.369. The summed E-state index contributed by atoms with van der Waals surface area (Å²) >= 11 is 1.35. The van der Waals surface area contributed by atoms with Crippen molar-refractivity contribution in [1.29, 1.82) is 0 Å². The maximum absolute atomic E-state index is 10.7. The van der Waals surface area contributed by atoms with Crippen molar-refractivity contribution in [2.45, 2.75) is 6.04 Å². The second kappa shape index (κ2) is 4.03. The third kappa shape index (κ3) is 1.82. The van der Waals surface area contributed by atoms with Gasteiger partial charge >= 0.3 is 5.97 Å². The van der Waals surface area contributed by atoms with Crippen LogP contribution in [0.5, 0.6) is 0 Å². The zero-order valence-corrected chi connectivity index (χ0v) is 9.31. The normalized spacial score (nSPS) is 12.6. The lowest BCUT2D eigenvalue weighted by atomic mass is 10.2. The molecule has 0 bridgehead atoms. The van der Waals surface area contributed by atoms with Crippen molar-refractivity contribution in [2.24, 2.45) is 12.8 Å². The standard InChI is InChI=1S/C9H10N4O2S/c1-13-4-11-2-6(13)8-12-5(3-16-8)7(10)9(14)15/h2-4,7H,10H2,1H3,(H,14,15). The first-order chi connectivity index (χ1) is 7.59. The summed E-state index contributed by atoms with van der Waals surface area (Å²) in [6.45, 7) is 0. The quantitative estimate of drug-likeness (QED) is 0.817. The average Bonchev–Trinajstić information content (AvgIpc) is 2.84. The van der Waals surface area contributed by atoms with Crippen molar-refractivity contribution in [3.8, 4) is 10.7 Å². The van der Waals surface area contributed by atoms with Crippen molar-refractivity contribution in [3.05, 3.63) is 23.6 Å². The molecule has 2 heterocycles. The molecule has 0 saturated heterocycles. The van der Waals surface area contributed by atoms with E-state index in [-0.39, 0.29) is 0 Å². The van der Waals surface area contributed by atoms with Crippen LogP contribution in [0.4, 0.5) is 0 Å². The Hall–Kier alpha value is -1.73. The highest BCUT2D eigenvalue weighted by atomic mass is 32.1. The van der Waals surface area contributed by atoms with E-state index in [0.717, 1.165) is 5.69 Å². The fourth-order valence-electron chi connectivity index (χ4n) is 1.24. The summed E-state index contributed by atoms with van der Waals surface area (Å²) in [6.07, 6.45) is 3.34. The van der Waals surface area contributed by atoms with Crippen molar-refractivity contribution in [2.75, 3.05) is 0 Å². The Bertz CT molecular complexity index is 519. The molecule has 2 aromatic rings. The van der Waals surface area contributed by atoms with Gasteiger partial charge in [-0.3, -0.25) is 4.79 Å². The number of carboxylic acid groups (broad SMARTS) is 1. The highest BCUT2D eigenvalue weighted by molar-refractivity contribution is 7.13. The molecule has 3 N–H and O–H groups in total. The molecule has 84 valence electrons. The van der Waals surface area contributed by atoms with Crippen molar-refractivity contribution in [3.63, 3.8) is 0 Å². The largest absolute Gasteiger partial charge is 0.480 e. The third-order valence-corrected chi connectivity index (χ3v) is 3.03. The number of rotatable bonds is 3. The maximum atomic E-state index is 10.7. The van der Waals surface area contributed by atoms with Gasteiger partial charge in [-0.1, -0.05) is 0 Å². The lowest BCUT2D eigenvalue weighted by molar-refractivity contribution is -0.138. The number of nitrogens with zero attached hydrogens (tertiary/aromatic N) is 3. The lowest BCUT2D eigenvalue weighted by Crippen LogP contribution is -2.20. The molecule has 0 amide bonds. The van der Waals surface area contributed by atoms with E-state index in [0.29, 0.717) is 10.7 Å². The van der Waals surface area contributed by atoms with Crippen LogP contribution in [0.25, 0.3) is 10.7 Å². The van der Waals surface area contributed by atoms with Crippen molar-refractivity contribution >= 4 is 17.3 Å². The first-order valence-electron chi connectivity index (χ1n) is 4.50. The number of hydrogen-bond donors (Lipinski definition) is 2. The summed E-state index contributed by atoms with van der Waals surface area (Å²) in [5.41, 5.74) is 6.68. The van der Waals surface area contributed by atoms with E-state index < -0.39 is 12.0 Å². The number of thiazole rings is 1. The van der Waals surface area contributed by atoms with E-state index >= 15 is 0 Å². The Morgan fingerprint density at radius 1 is 1.69 bits per heavy atom. The highest BCUT2D eigenvalue weighted by Crippen LogP contribution is 2.24. The van der Waals surface area contributed by atoms with Crippen LogP contribution in [-0.2, 0) is 11.8 Å². The molecule has 16 heavy (non-hydrogen) atoms. The van der Waals surface area contributed by atoms with Gasteiger partial charge in [0.2, 0.25) is 0 Å². The van der Waals surface area contributed by atoms with Gasteiger partial charge in [-0.15, -0.1) is 11.3 Å². The molecular formula is C9H10N4O2S. The van der Waals surface area contributed by atoms with Gasteiger partial charge in [-0.2, -0.15) is 0 Å². The number of hydrogen-bond acceptors (Lipinski definition) is 5. The van der Waals surface area contributed by atoms with E-state index in [1.807, 2.05) is 11.6 Å². The first kappa shape index (κ1) is 10.8. The van der Waals surface area contributed by atoms with Crippen LogP contribution in [-0.4, -0.2) is 25.6 Å². The highest BCUT2D eigenvalue weighted by Gasteiger charge is 2.18. The Morgan fingerprint density at radius 2 is 2.44 bits per heavy atom. The zero-order valence-electron chi connectivity index (χ0n) is 8.49. The average molecular weight is 238 g/mol. The van der Waals surface area contributed by atoms with Crippen LogP contribution in [0.2, 0.25) is 0 Å². The molecule has 0 radical (unpaired) electrons. The molecule has 6 nitrogen and oxygen atoms in total. The number of aliphatic carboxylic acids is 1. The molecule has 0 aliphatic rings. The summed E-state index contributed by atoms with van der Waals surface area (Å²) < 4.78 is 1.81. The Balaban J connectivity index is 2.33. The van der Waals surface area contributed by atoms with E-state index in [2.05, 4.69) is 9.97 Å². The predicted octanol–water partition coefficient (Wildman–Crippen LogP) is 0.628. The third-order valence-electron chi connectivity index (χ3n) is 2.14. The molecule has 2 rings (SSSR count). The second-order valence-electron chi connectivity index (χ2n) is 3.28. The van der Waals surface area contributed by atoms with Gasteiger partial charge in [-0.25, -0.2) is 9.97 Å². The summed E-state index contributed by atoms with van der Waals surface area (Å²) in [6, 6.07) is -1.07. The van der Waals surface area contributed by atoms with Gasteiger partial charge < -0.3 is 15.4 Å². The van der Waals surface area contributed by atoms with Gasteiger partial charge in [0.25, 0.3) is 0 Å². The molecular weight excluding hydrogens is 228 g/mol. The van der Waals surface area contributed by atoms with Gasteiger partial charge in [0.05, 0.1) is 23.9 Å². The number of imidazole rings is 1. The van der Waals surface area contributed by atoms with Crippen LogP contribution in [0.1, 0.15) is 11.7 Å². The van der Waals surface area contributed by atoms with Gasteiger partial charge in [-0.05, 0) is 0 Å². The van der Waals surface area contributed by atoms with Crippen molar-refractivity contribution < 1.29 is 9.90 Å². The molecule has 2 aromatic heterocycles.